The van der Waals surface area contributed by atoms with Gasteiger partial charge in [-0.2, -0.15) is 18.2 Å². The van der Waals surface area contributed by atoms with Gasteiger partial charge in [0.05, 0.1) is 12.3 Å². The minimum absolute atomic E-state index is 0.0159. The molecule has 1 N–H and O–H groups in total. The fraction of sp³-hybridized carbons (Fsp3) is 0.364. The number of benzene rings is 2. The Morgan fingerprint density at radius 2 is 1.91 bits per heavy atom. The van der Waals surface area contributed by atoms with Crippen molar-refractivity contribution in [2.75, 3.05) is 27.2 Å². The number of hydrogen-bond acceptors (Lipinski definition) is 4. The van der Waals surface area contributed by atoms with Crippen LogP contribution in [0, 0.1) is 0 Å². The van der Waals surface area contributed by atoms with Crippen LogP contribution >= 0.6 is 24.2 Å². The fourth-order valence-electron chi connectivity index (χ4n) is 3.40. The summed E-state index contributed by atoms with van der Waals surface area (Å²) in [7, 11) is -0.0356. The monoisotopic (exact) mass is 493 g/mol. The van der Waals surface area contributed by atoms with E-state index in [4.69, 9.17) is 11.6 Å². The average Bonchev–Trinajstić information content (AvgIpc) is 3.18. The molecular formula is C22H28ClN5O2S2. The molecule has 2 unspecified atom stereocenters. The van der Waals surface area contributed by atoms with E-state index in [1.165, 1.54) is 5.01 Å². The molecule has 0 radical (unpaired) electrons. The second kappa shape index (κ2) is 10.8. The zero-order valence-electron chi connectivity index (χ0n) is 18.3. The molecule has 10 heteroatoms. The molecule has 172 valence electrons. The summed E-state index contributed by atoms with van der Waals surface area (Å²) in [5.41, 5.74) is 2.78. The van der Waals surface area contributed by atoms with Crippen molar-refractivity contribution in [2.24, 2.45) is 9.50 Å². The third-order valence-corrected chi connectivity index (χ3v) is 6.88. The van der Waals surface area contributed by atoms with Crippen molar-refractivity contribution in [3.05, 3.63) is 70.7 Å². The van der Waals surface area contributed by atoms with E-state index < -0.39 is 10.2 Å². The molecular weight excluding hydrogens is 466 g/mol. The molecule has 2 atom stereocenters. The van der Waals surface area contributed by atoms with E-state index in [1.54, 1.807) is 0 Å². The Balaban J connectivity index is 1.84. The summed E-state index contributed by atoms with van der Waals surface area (Å²) in [6.45, 7) is 3.00. The van der Waals surface area contributed by atoms with Crippen LogP contribution in [0.2, 0.25) is 5.02 Å². The number of amidine groups is 1. The molecule has 3 rings (SSSR count). The molecule has 1 heterocycles. The number of hydrazone groups is 1. The van der Waals surface area contributed by atoms with Gasteiger partial charge in [-0.3, -0.25) is 0 Å². The van der Waals surface area contributed by atoms with Gasteiger partial charge < -0.3 is 4.90 Å². The van der Waals surface area contributed by atoms with E-state index in [1.807, 2.05) is 80.5 Å². The molecule has 0 bridgehead atoms. The molecule has 2 aromatic rings. The summed E-state index contributed by atoms with van der Waals surface area (Å²) in [4.78, 5) is 2.00. The van der Waals surface area contributed by atoms with Gasteiger partial charge in [0.15, 0.2) is 5.17 Å². The summed E-state index contributed by atoms with van der Waals surface area (Å²) in [6, 6.07) is 17.1. The number of nitrogens with zero attached hydrogens (tertiary/aromatic N) is 4. The van der Waals surface area contributed by atoms with Gasteiger partial charge in [0.25, 0.3) is 0 Å². The summed E-state index contributed by atoms with van der Waals surface area (Å²) in [5.74, 6) is -0.0654. The first-order valence-corrected chi connectivity index (χ1v) is 12.5. The van der Waals surface area contributed by atoms with Gasteiger partial charge in [0, 0.05) is 17.0 Å². The Morgan fingerprint density at radius 3 is 2.53 bits per heavy atom. The van der Waals surface area contributed by atoms with Gasteiger partial charge in [-0.25, -0.2) is 5.01 Å². The topological polar surface area (TPSA) is 77.4 Å². The van der Waals surface area contributed by atoms with Crippen molar-refractivity contribution < 1.29 is 8.42 Å². The predicted octanol–water partition coefficient (Wildman–Crippen LogP) is 3.60. The van der Waals surface area contributed by atoms with Crippen molar-refractivity contribution >= 4 is 45.3 Å². The lowest BCUT2D eigenvalue weighted by Crippen LogP contribution is -2.35. The van der Waals surface area contributed by atoms with Crippen molar-refractivity contribution in [3.8, 4) is 0 Å². The van der Waals surface area contributed by atoms with Crippen molar-refractivity contribution in [2.45, 2.75) is 25.3 Å². The highest BCUT2D eigenvalue weighted by atomic mass is 35.5. The third kappa shape index (κ3) is 6.79. The number of rotatable bonds is 8. The van der Waals surface area contributed by atoms with Gasteiger partial charge in [-0.1, -0.05) is 54.1 Å². The quantitative estimate of drug-likeness (QED) is 0.334. The maximum absolute atomic E-state index is 12.5. The highest BCUT2D eigenvalue weighted by Gasteiger charge is 2.31. The van der Waals surface area contributed by atoms with E-state index in [-0.39, 0.29) is 17.1 Å². The second-order valence-electron chi connectivity index (χ2n) is 8.01. The zero-order valence-corrected chi connectivity index (χ0v) is 20.8. The molecule has 2 aromatic carbocycles. The average molecular weight is 494 g/mol. The third-order valence-electron chi connectivity index (χ3n) is 5.05. The first-order valence-electron chi connectivity index (χ1n) is 10.3. The van der Waals surface area contributed by atoms with Crippen molar-refractivity contribution in [1.29, 1.82) is 0 Å². The van der Waals surface area contributed by atoms with Crippen molar-refractivity contribution in [3.63, 3.8) is 0 Å². The Labute approximate surface area is 200 Å². The molecule has 32 heavy (non-hydrogen) atoms. The highest BCUT2D eigenvalue weighted by Crippen LogP contribution is 2.30. The van der Waals surface area contributed by atoms with Gasteiger partial charge in [0.1, 0.15) is 0 Å². The van der Waals surface area contributed by atoms with E-state index in [0.29, 0.717) is 18.0 Å². The molecule has 0 spiro atoms. The molecule has 0 amide bonds. The van der Waals surface area contributed by atoms with Gasteiger partial charge >= 0.3 is 10.2 Å². The highest BCUT2D eigenvalue weighted by molar-refractivity contribution is 7.98. The van der Waals surface area contributed by atoms with Gasteiger partial charge in [0.2, 0.25) is 0 Å². The number of nitrogens with one attached hydrogen (secondary N) is 1. The summed E-state index contributed by atoms with van der Waals surface area (Å²) >= 11 is 10.4. The van der Waals surface area contributed by atoms with Crippen molar-refractivity contribution in [1.82, 2.24) is 14.6 Å². The second-order valence-corrected chi connectivity index (χ2v) is 10.2. The molecule has 0 aromatic heterocycles. The lowest BCUT2D eigenvalue weighted by Gasteiger charge is -2.17. The van der Waals surface area contributed by atoms with Crippen LogP contribution in [-0.4, -0.2) is 62.4 Å². The lowest BCUT2D eigenvalue weighted by atomic mass is 9.91. The fourth-order valence-corrected chi connectivity index (χ4v) is 4.96. The van der Waals surface area contributed by atoms with Gasteiger partial charge in [-0.05, 0) is 57.2 Å². The molecule has 0 aliphatic carbocycles. The minimum Gasteiger partial charge on any atom is -0.309 e. The first kappa shape index (κ1) is 24.7. The predicted molar refractivity (Wildman–Crippen MR) is 135 cm³/mol. The van der Waals surface area contributed by atoms with Crippen LogP contribution in [0.5, 0.6) is 0 Å². The van der Waals surface area contributed by atoms with Crippen LogP contribution in [0.15, 0.2) is 64.1 Å². The maximum Gasteiger partial charge on any atom is 0.322 e. The van der Waals surface area contributed by atoms with Crippen LogP contribution in [-0.2, 0) is 10.2 Å². The Hall–Kier alpha value is -1.91. The largest absolute Gasteiger partial charge is 0.322 e. The summed E-state index contributed by atoms with van der Waals surface area (Å²) in [6.07, 6.45) is 0.669. The summed E-state index contributed by atoms with van der Waals surface area (Å²) in [5, 5.41) is 6.84. The number of thiol groups is 1. The first-order chi connectivity index (χ1) is 15.1. The Bertz CT molecular complexity index is 1070. The lowest BCUT2D eigenvalue weighted by molar-refractivity contribution is 0.379. The zero-order chi connectivity index (χ0) is 23.3. The maximum atomic E-state index is 12.5. The van der Waals surface area contributed by atoms with Crippen LogP contribution < -0.4 is 4.72 Å². The van der Waals surface area contributed by atoms with Crippen LogP contribution in [0.3, 0.4) is 0 Å². The van der Waals surface area contributed by atoms with Crippen LogP contribution in [0.4, 0.5) is 0 Å². The van der Waals surface area contributed by atoms with Gasteiger partial charge in [-0.15, -0.1) is 17.0 Å². The molecule has 0 saturated carbocycles. The molecule has 0 saturated heterocycles. The Morgan fingerprint density at radius 1 is 1.25 bits per heavy atom. The number of hydrogen-bond donors (Lipinski definition) is 2. The minimum atomic E-state index is -3.92. The Kier molecular flexibility index (Phi) is 8.35. The molecule has 1 aliphatic rings. The van der Waals surface area contributed by atoms with E-state index in [2.05, 4.69) is 26.9 Å². The van der Waals surface area contributed by atoms with E-state index >= 15 is 0 Å². The standard InChI is InChI=1S/C22H28ClN5O2S2/c1-16(13-14-27(2)3)25-32(29,30)26-22(31)28-15-20(17-7-5-4-6-8-17)21(24-28)18-9-11-19(23)12-10-18/h4-12,16,20,25H,13-15H2,1-3H3,(H,26,31). The molecule has 0 fully saturated rings. The van der Waals surface area contributed by atoms with Crippen LogP contribution in [0.25, 0.3) is 0 Å². The number of halogens is 1. The SMILES string of the molecule is CC(CCN(C)C)NS(=O)(=O)N=C(S)N1CC(c2ccccc2)C(c2ccc(Cl)cc2)=N1. The van der Waals surface area contributed by atoms with E-state index in [9.17, 15) is 8.42 Å². The van der Waals surface area contributed by atoms with E-state index in [0.717, 1.165) is 23.4 Å². The summed E-state index contributed by atoms with van der Waals surface area (Å²) < 4.78 is 31.5. The van der Waals surface area contributed by atoms with Crippen LogP contribution in [0.1, 0.15) is 30.4 Å². The smallest absolute Gasteiger partial charge is 0.309 e. The molecule has 1 aliphatic heterocycles. The normalized spacial score (nSPS) is 18.2. The molecule has 7 nitrogen and oxygen atoms in total.